The first kappa shape index (κ1) is 20.6. The Hall–Kier alpha value is -3.68. The van der Waals surface area contributed by atoms with Gasteiger partial charge in [-0.3, -0.25) is 4.98 Å². The van der Waals surface area contributed by atoms with E-state index >= 15 is 0 Å². The van der Waals surface area contributed by atoms with Crippen molar-refractivity contribution in [2.45, 2.75) is 19.5 Å². The second-order valence-corrected chi connectivity index (χ2v) is 6.76. The van der Waals surface area contributed by atoms with Crippen molar-refractivity contribution in [1.82, 2.24) is 15.0 Å². The van der Waals surface area contributed by atoms with Crippen LogP contribution in [-0.4, -0.2) is 21.6 Å². The van der Waals surface area contributed by atoms with Gasteiger partial charge in [0.05, 0.1) is 23.4 Å². The van der Waals surface area contributed by atoms with Gasteiger partial charge in [-0.05, 0) is 42.8 Å². The smallest absolute Gasteiger partial charge is 0.416 e. The van der Waals surface area contributed by atoms with E-state index in [2.05, 4.69) is 15.0 Å². The van der Waals surface area contributed by atoms with Crippen LogP contribution in [0, 0.1) is 0 Å². The summed E-state index contributed by atoms with van der Waals surface area (Å²) in [5.41, 5.74) is 0.807. The summed E-state index contributed by atoms with van der Waals surface area (Å²) in [6.45, 7) is 2.16. The lowest BCUT2D eigenvalue weighted by Crippen LogP contribution is -2.06. The summed E-state index contributed by atoms with van der Waals surface area (Å²) in [6, 6.07) is 14.1. The molecule has 0 amide bonds. The summed E-state index contributed by atoms with van der Waals surface area (Å²) < 4.78 is 50.8. The first-order valence-electron chi connectivity index (χ1n) is 9.63. The molecule has 0 aliphatic carbocycles. The average molecular weight is 425 g/mol. The fraction of sp³-hybridized carbons (Fsp3) is 0.174. The lowest BCUT2D eigenvalue weighted by Gasteiger charge is -2.14. The van der Waals surface area contributed by atoms with Crippen LogP contribution in [0.4, 0.5) is 13.2 Å². The molecule has 0 saturated heterocycles. The number of fused-ring (bicyclic) bond motifs is 1. The highest BCUT2D eigenvalue weighted by atomic mass is 19.4. The van der Waals surface area contributed by atoms with Crippen molar-refractivity contribution in [1.29, 1.82) is 0 Å². The third kappa shape index (κ3) is 4.74. The molecule has 158 valence electrons. The van der Waals surface area contributed by atoms with Gasteiger partial charge in [0.25, 0.3) is 0 Å². The summed E-state index contributed by atoms with van der Waals surface area (Å²) >= 11 is 0. The van der Waals surface area contributed by atoms with Crippen LogP contribution < -0.4 is 9.47 Å². The Morgan fingerprint density at radius 3 is 2.61 bits per heavy atom. The maximum absolute atomic E-state index is 13.1. The van der Waals surface area contributed by atoms with Gasteiger partial charge in [-0.2, -0.15) is 13.2 Å². The monoisotopic (exact) mass is 425 g/mol. The van der Waals surface area contributed by atoms with E-state index in [1.54, 1.807) is 24.4 Å². The van der Waals surface area contributed by atoms with Gasteiger partial charge < -0.3 is 9.47 Å². The number of benzene rings is 2. The molecule has 0 bridgehead atoms. The first-order valence-corrected chi connectivity index (χ1v) is 9.63. The minimum atomic E-state index is -4.47. The van der Waals surface area contributed by atoms with Crippen LogP contribution >= 0.6 is 0 Å². The predicted molar refractivity (Wildman–Crippen MR) is 110 cm³/mol. The fourth-order valence-corrected chi connectivity index (χ4v) is 3.01. The van der Waals surface area contributed by atoms with E-state index in [1.807, 2.05) is 25.1 Å². The minimum absolute atomic E-state index is 0.108. The summed E-state index contributed by atoms with van der Waals surface area (Å²) in [5.74, 6) is 0.892. The summed E-state index contributed by atoms with van der Waals surface area (Å²) in [6.07, 6.45) is -0.820. The Morgan fingerprint density at radius 2 is 1.81 bits per heavy atom. The number of hydrogen-bond donors (Lipinski definition) is 0. The van der Waals surface area contributed by atoms with Crippen LogP contribution in [-0.2, 0) is 6.18 Å². The van der Waals surface area contributed by atoms with Crippen LogP contribution in [0.3, 0.4) is 0 Å². The summed E-state index contributed by atoms with van der Waals surface area (Å²) in [5, 5.41) is 0.973. The van der Waals surface area contributed by atoms with Crippen molar-refractivity contribution in [3.63, 3.8) is 0 Å². The lowest BCUT2D eigenvalue weighted by atomic mass is 10.1. The quantitative estimate of drug-likeness (QED) is 0.363. The Labute approximate surface area is 176 Å². The third-order valence-corrected chi connectivity index (χ3v) is 4.49. The molecular formula is C23H18F3N3O2. The number of pyridine rings is 1. The molecule has 0 N–H and O–H groups in total. The molecule has 0 atom stereocenters. The maximum atomic E-state index is 13.1. The van der Waals surface area contributed by atoms with Gasteiger partial charge >= 0.3 is 6.18 Å². The molecule has 2 aromatic heterocycles. The molecule has 0 aliphatic rings. The van der Waals surface area contributed by atoms with Gasteiger partial charge in [-0.1, -0.05) is 13.0 Å². The number of hydrogen-bond acceptors (Lipinski definition) is 5. The highest BCUT2D eigenvalue weighted by molar-refractivity contribution is 5.79. The molecule has 0 fully saturated rings. The van der Waals surface area contributed by atoms with Crippen LogP contribution in [0.25, 0.3) is 22.2 Å². The molecule has 0 aliphatic heterocycles. The normalized spacial score (nSPS) is 11.5. The SMILES string of the molecule is CCCOc1cc(C(F)(F)F)ccc1-c1cc(Oc2ccc3cccnc3c2)ncn1. The Kier molecular flexibility index (Phi) is 5.70. The molecule has 31 heavy (non-hydrogen) atoms. The largest absolute Gasteiger partial charge is 0.493 e. The van der Waals surface area contributed by atoms with Gasteiger partial charge in [-0.25, -0.2) is 9.97 Å². The summed E-state index contributed by atoms with van der Waals surface area (Å²) in [4.78, 5) is 12.6. The van der Waals surface area contributed by atoms with Crippen molar-refractivity contribution in [2.24, 2.45) is 0 Å². The highest BCUT2D eigenvalue weighted by Crippen LogP contribution is 2.37. The number of rotatable bonds is 6. The zero-order valence-electron chi connectivity index (χ0n) is 16.6. The molecule has 8 heteroatoms. The van der Waals surface area contributed by atoms with E-state index in [0.717, 1.165) is 23.0 Å². The van der Waals surface area contributed by atoms with Crippen LogP contribution in [0.2, 0.25) is 0 Å². The number of nitrogens with zero attached hydrogens (tertiary/aromatic N) is 3. The van der Waals surface area contributed by atoms with Gasteiger partial charge in [0.1, 0.15) is 17.8 Å². The van der Waals surface area contributed by atoms with Crippen molar-refractivity contribution >= 4 is 10.9 Å². The zero-order chi connectivity index (χ0) is 21.8. The molecular weight excluding hydrogens is 407 g/mol. The molecule has 0 saturated carbocycles. The van der Waals surface area contributed by atoms with Gasteiger partial charge in [0, 0.05) is 29.3 Å². The Morgan fingerprint density at radius 1 is 0.935 bits per heavy atom. The molecule has 0 unspecified atom stereocenters. The minimum Gasteiger partial charge on any atom is -0.493 e. The molecule has 4 aromatic rings. The second kappa shape index (κ2) is 8.59. The van der Waals surface area contributed by atoms with E-state index in [9.17, 15) is 13.2 Å². The van der Waals surface area contributed by atoms with Crippen LogP contribution in [0.15, 0.2) is 67.1 Å². The standard InChI is InChI=1S/C23H18F3N3O2/c1-2-10-30-21-11-16(23(24,25)26)6-8-18(21)20-13-22(29-14-28-20)31-17-7-5-15-4-3-9-27-19(15)12-17/h3-9,11-14H,2,10H2,1H3. The second-order valence-electron chi connectivity index (χ2n) is 6.76. The zero-order valence-corrected chi connectivity index (χ0v) is 16.6. The molecule has 2 heterocycles. The molecule has 0 spiro atoms. The topological polar surface area (TPSA) is 57.1 Å². The van der Waals surface area contributed by atoms with Gasteiger partial charge in [0.15, 0.2) is 0 Å². The maximum Gasteiger partial charge on any atom is 0.416 e. The Balaban J connectivity index is 1.66. The number of ether oxygens (including phenoxy) is 2. The molecule has 4 rings (SSSR count). The van der Waals surface area contributed by atoms with E-state index in [-0.39, 0.29) is 18.2 Å². The van der Waals surface area contributed by atoms with Crippen molar-refractivity contribution < 1.29 is 22.6 Å². The third-order valence-electron chi connectivity index (χ3n) is 4.49. The molecule has 0 radical (unpaired) electrons. The molecule has 2 aromatic carbocycles. The fourth-order valence-electron chi connectivity index (χ4n) is 3.01. The van der Waals surface area contributed by atoms with Crippen molar-refractivity contribution in [3.05, 3.63) is 72.7 Å². The van der Waals surface area contributed by atoms with Crippen molar-refractivity contribution in [2.75, 3.05) is 6.61 Å². The first-order chi connectivity index (χ1) is 14.9. The highest BCUT2D eigenvalue weighted by Gasteiger charge is 2.31. The van der Waals surface area contributed by atoms with Gasteiger partial charge in [-0.15, -0.1) is 0 Å². The van der Waals surface area contributed by atoms with Crippen molar-refractivity contribution in [3.8, 4) is 28.6 Å². The van der Waals surface area contributed by atoms with Crippen LogP contribution in [0.1, 0.15) is 18.9 Å². The number of aromatic nitrogens is 3. The van der Waals surface area contributed by atoms with Gasteiger partial charge in [0.2, 0.25) is 5.88 Å². The number of alkyl halides is 3. The summed E-state index contributed by atoms with van der Waals surface area (Å²) in [7, 11) is 0. The predicted octanol–water partition coefficient (Wildman–Crippen LogP) is 6.29. The lowest BCUT2D eigenvalue weighted by molar-refractivity contribution is -0.137. The number of halogens is 3. The van der Waals surface area contributed by atoms with E-state index < -0.39 is 11.7 Å². The van der Waals surface area contributed by atoms with E-state index in [1.165, 1.54) is 12.4 Å². The average Bonchev–Trinajstić information content (AvgIpc) is 2.77. The Bertz CT molecular complexity index is 1210. The molecule has 5 nitrogen and oxygen atoms in total. The van der Waals surface area contributed by atoms with Crippen LogP contribution in [0.5, 0.6) is 17.4 Å². The van der Waals surface area contributed by atoms with E-state index in [0.29, 0.717) is 23.4 Å². The van der Waals surface area contributed by atoms with E-state index in [4.69, 9.17) is 9.47 Å².